The topological polar surface area (TPSA) is 96.4 Å². The zero-order valence-corrected chi connectivity index (χ0v) is 10.7. The minimum absolute atomic E-state index is 0.163. The van der Waals surface area contributed by atoms with Gasteiger partial charge in [0.25, 0.3) is 10.0 Å². The number of carbonyl (C=O) groups is 1. The summed E-state index contributed by atoms with van der Waals surface area (Å²) in [6.07, 6.45) is 2.02. The summed E-state index contributed by atoms with van der Waals surface area (Å²) in [5.41, 5.74) is 0.810. The molecule has 0 spiro atoms. The van der Waals surface area contributed by atoms with E-state index < -0.39 is 21.7 Å². The molecule has 1 saturated carbocycles. The highest BCUT2D eigenvalue weighted by Gasteiger charge is 2.33. The fourth-order valence-corrected chi connectivity index (χ4v) is 4.03. The molecule has 8 heteroatoms. The number of nitrogens with zero attached hydrogens (tertiary/aromatic N) is 1. The molecule has 0 aliphatic heterocycles. The van der Waals surface area contributed by atoms with E-state index in [4.69, 9.17) is 5.11 Å². The smallest absolute Gasteiger partial charge is 0.356 e. The van der Waals surface area contributed by atoms with Gasteiger partial charge in [0.05, 0.1) is 5.51 Å². The van der Waals surface area contributed by atoms with E-state index in [1.54, 1.807) is 6.92 Å². The SMILES string of the molecule is CC(NS(=O)(=O)c1scnc1C(=O)O)C1CC1. The Morgan fingerprint density at radius 1 is 1.65 bits per heavy atom. The molecule has 1 heterocycles. The lowest BCUT2D eigenvalue weighted by molar-refractivity contribution is 0.0687. The molecule has 94 valence electrons. The maximum absolute atomic E-state index is 12.0. The normalized spacial score (nSPS) is 17.9. The monoisotopic (exact) mass is 276 g/mol. The lowest BCUT2D eigenvalue weighted by Gasteiger charge is -2.12. The van der Waals surface area contributed by atoms with E-state index in [2.05, 4.69) is 9.71 Å². The van der Waals surface area contributed by atoms with E-state index in [9.17, 15) is 13.2 Å². The number of aromatic carboxylic acids is 1. The van der Waals surface area contributed by atoms with Crippen LogP contribution in [0, 0.1) is 5.92 Å². The van der Waals surface area contributed by atoms with Crippen molar-refractivity contribution in [3.63, 3.8) is 0 Å². The quantitative estimate of drug-likeness (QED) is 0.833. The molecule has 1 aliphatic carbocycles. The van der Waals surface area contributed by atoms with E-state index in [-0.39, 0.29) is 10.3 Å². The molecule has 0 saturated heterocycles. The summed E-state index contributed by atoms with van der Waals surface area (Å²) in [6.45, 7) is 1.79. The molecule has 0 aromatic carbocycles. The number of nitrogens with one attached hydrogen (secondary N) is 1. The number of carboxylic acids is 1. The van der Waals surface area contributed by atoms with Gasteiger partial charge in [-0.3, -0.25) is 0 Å². The van der Waals surface area contributed by atoms with Crippen LogP contribution in [0.4, 0.5) is 0 Å². The Morgan fingerprint density at radius 3 is 2.82 bits per heavy atom. The van der Waals surface area contributed by atoms with Crippen molar-refractivity contribution in [2.75, 3.05) is 0 Å². The number of aromatic nitrogens is 1. The summed E-state index contributed by atoms with van der Waals surface area (Å²) >= 11 is 0.817. The van der Waals surface area contributed by atoms with Gasteiger partial charge < -0.3 is 5.11 Å². The van der Waals surface area contributed by atoms with Crippen LogP contribution in [0.1, 0.15) is 30.3 Å². The van der Waals surface area contributed by atoms with Gasteiger partial charge in [-0.1, -0.05) is 0 Å². The summed E-state index contributed by atoms with van der Waals surface area (Å²) in [6, 6.07) is -0.163. The molecule has 2 N–H and O–H groups in total. The van der Waals surface area contributed by atoms with Gasteiger partial charge in [0.1, 0.15) is 0 Å². The van der Waals surface area contributed by atoms with E-state index >= 15 is 0 Å². The molecule has 0 amide bonds. The van der Waals surface area contributed by atoms with Crippen LogP contribution in [-0.2, 0) is 10.0 Å². The number of carboxylic acid groups (broad SMARTS) is 1. The van der Waals surface area contributed by atoms with Crippen molar-refractivity contribution in [1.82, 2.24) is 9.71 Å². The lowest BCUT2D eigenvalue weighted by Crippen LogP contribution is -2.34. The Kier molecular flexibility index (Phi) is 3.19. The zero-order valence-electron chi connectivity index (χ0n) is 9.08. The summed E-state index contributed by atoms with van der Waals surface area (Å²) in [5, 5.41) is 8.83. The summed E-state index contributed by atoms with van der Waals surface area (Å²) in [7, 11) is -3.77. The molecule has 1 aromatic rings. The number of rotatable bonds is 5. The lowest BCUT2D eigenvalue weighted by atomic mass is 10.2. The van der Waals surface area contributed by atoms with E-state index in [0.29, 0.717) is 5.92 Å². The third kappa shape index (κ3) is 2.64. The van der Waals surface area contributed by atoms with Gasteiger partial charge in [-0.15, -0.1) is 11.3 Å². The maximum Gasteiger partial charge on any atom is 0.356 e. The van der Waals surface area contributed by atoms with Crippen molar-refractivity contribution in [3.8, 4) is 0 Å². The third-order valence-corrected chi connectivity index (χ3v) is 5.58. The van der Waals surface area contributed by atoms with E-state index in [0.717, 1.165) is 24.2 Å². The fourth-order valence-electron chi connectivity index (χ4n) is 1.56. The molecule has 0 bridgehead atoms. The Bertz CT molecular complexity index is 533. The van der Waals surface area contributed by atoms with Crippen LogP contribution in [-0.4, -0.2) is 30.5 Å². The predicted octanol–water partition coefficient (Wildman–Crippen LogP) is 0.918. The van der Waals surface area contributed by atoms with Crippen molar-refractivity contribution < 1.29 is 18.3 Å². The Balaban J connectivity index is 2.24. The van der Waals surface area contributed by atoms with Crippen LogP contribution < -0.4 is 4.72 Å². The molecular weight excluding hydrogens is 264 g/mol. The summed E-state index contributed by atoms with van der Waals surface area (Å²) < 4.78 is 26.2. The van der Waals surface area contributed by atoms with Crippen molar-refractivity contribution in [3.05, 3.63) is 11.2 Å². The average molecular weight is 276 g/mol. The number of thiazole rings is 1. The van der Waals surface area contributed by atoms with Crippen LogP contribution >= 0.6 is 11.3 Å². The first-order valence-corrected chi connectivity index (χ1v) is 7.47. The van der Waals surface area contributed by atoms with Gasteiger partial charge >= 0.3 is 5.97 Å². The van der Waals surface area contributed by atoms with Crippen LogP contribution in [0.2, 0.25) is 0 Å². The first kappa shape index (κ1) is 12.5. The Labute approximate surface area is 103 Å². The number of hydrogen-bond donors (Lipinski definition) is 2. The Hall–Kier alpha value is -0.990. The fraction of sp³-hybridized carbons (Fsp3) is 0.556. The summed E-state index contributed by atoms with van der Waals surface area (Å²) in [5.74, 6) is -0.961. The molecule has 1 unspecified atom stereocenters. The average Bonchev–Trinajstić information content (AvgIpc) is 2.93. The van der Waals surface area contributed by atoms with Crippen LogP contribution in [0.3, 0.4) is 0 Å². The minimum Gasteiger partial charge on any atom is -0.476 e. The first-order valence-electron chi connectivity index (χ1n) is 5.11. The van der Waals surface area contributed by atoms with Gasteiger partial charge in [0.2, 0.25) is 0 Å². The van der Waals surface area contributed by atoms with Gasteiger partial charge in [-0.05, 0) is 25.7 Å². The standard InChI is InChI=1S/C9H12N2O4S2/c1-5(6-2-3-6)11-17(14,15)9-7(8(12)13)10-4-16-9/h4-6,11H,2-3H2,1H3,(H,12,13). The predicted molar refractivity (Wildman–Crippen MR) is 61.6 cm³/mol. The molecule has 17 heavy (non-hydrogen) atoms. The van der Waals surface area contributed by atoms with Gasteiger partial charge in [0.15, 0.2) is 9.90 Å². The van der Waals surface area contributed by atoms with E-state index in [1.807, 2.05) is 0 Å². The highest BCUT2D eigenvalue weighted by molar-refractivity contribution is 7.91. The molecule has 0 radical (unpaired) electrons. The maximum atomic E-state index is 12.0. The van der Waals surface area contributed by atoms with Gasteiger partial charge in [-0.2, -0.15) is 0 Å². The zero-order chi connectivity index (χ0) is 12.6. The molecular formula is C9H12N2O4S2. The first-order chi connectivity index (χ1) is 7.92. The second-order valence-corrected chi connectivity index (χ2v) is 6.80. The molecule has 1 aliphatic rings. The van der Waals surface area contributed by atoms with Crippen LogP contribution in [0.15, 0.2) is 9.72 Å². The van der Waals surface area contributed by atoms with Gasteiger partial charge in [0, 0.05) is 6.04 Å². The summed E-state index contributed by atoms with van der Waals surface area (Å²) in [4.78, 5) is 14.4. The van der Waals surface area contributed by atoms with Crippen molar-refractivity contribution >= 4 is 27.3 Å². The molecule has 1 aromatic heterocycles. The minimum atomic E-state index is -3.77. The largest absolute Gasteiger partial charge is 0.476 e. The highest BCUT2D eigenvalue weighted by Crippen LogP contribution is 2.33. The number of hydrogen-bond acceptors (Lipinski definition) is 5. The van der Waals surface area contributed by atoms with E-state index in [1.165, 1.54) is 5.51 Å². The highest BCUT2D eigenvalue weighted by atomic mass is 32.2. The molecule has 1 fully saturated rings. The number of sulfonamides is 1. The van der Waals surface area contributed by atoms with Crippen molar-refractivity contribution in [2.45, 2.75) is 30.0 Å². The van der Waals surface area contributed by atoms with Gasteiger partial charge in [-0.25, -0.2) is 22.9 Å². The molecule has 6 nitrogen and oxygen atoms in total. The van der Waals surface area contributed by atoms with Crippen molar-refractivity contribution in [1.29, 1.82) is 0 Å². The molecule has 2 rings (SSSR count). The molecule has 1 atom stereocenters. The van der Waals surface area contributed by atoms with Crippen LogP contribution in [0.25, 0.3) is 0 Å². The van der Waals surface area contributed by atoms with Crippen molar-refractivity contribution in [2.24, 2.45) is 5.92 Å². The van der Waals surface area contributed by atoms with Crippen LogP contribution in [0.5, 0.6) is 0 Å². The third-order valence-electron chi connectivity index (χ3n) is 2.65. The second kappa shape index (κ2) is 4.35. The Morgan fingerprint density at radius 2 is 2.29 bits per heavy atom. The second-order valence-electron chi connectivity index (χ2n) is 4.04.